The summed E-state index contributed by atoms with van der Waals surface area (Å²) in [7, 11) is 0. The number of fused-ring (bicyclic) bond motifs is 1. The molecule has 146 valence electrons. The van der Waals surface area contributed by atoms with Crippen molar-refractivity contribution >= 4 is 22.7 Å². The van der Waals surface area contributed by atoms with Crippen LogP contribution in [-0.2, 0) is 0 Å². The SMILES string of the molecule is Cc1ccccc1-n1c(C)nnc1Sc1nc(-c2ccncc2)nc2ccccc12. The van der Waals surface area contributed by atoms with E-state index < -0.39 is 0 Å². The lowest BCUT2D eigenvalue weighted by Gasteiger charge is -2.12. The zero-order valence-electron chi connectivity index (χ0n) is 16.5. The summed E-state index contributed by atoms with van der Waals surface area (Å²) in [5, 5.41) is 11.4. The minimum absolute atomic E-state index is 0.664. The van der Waals surface area contributed by atoms with Crippen LogP contribution in [0, 0.1) is 13.8 Å². The fourth-order valence-electron chi connectivity index (χ4n) is 3.34. The highest BCUT2D eigenvalue weighted by molar-refractivity contribution is 7.99. The Morgan fingerprint density at radius 1 is 0.800 bits per heavy atom. The van der Waals surface area contributed by atoms with Gasteiger partial charge in [-0.25, -0.2) is 9.97 Å². The number of aryl methyl sites for hydroxylation is 2. The minimum Gasteiger partial charge on any atom is -0.274 e. The topological polar surface area (TPSA) is 69.4 Å². The van der Waals surface area contributed by atoms with Gasteiger partial charge in [0, 0.05) is 23.3 Å². The molecule has 6 nitrogen and oxygen atoms in total. The molecular weight excluding hydrogens is 392 g/mol. The summed E-state index contributed by atoms with van der Waals surface area (Å²) in [6.07, 6.45) is 3.50. The van der Waals surface area contributed by atoms with Crippen LogP contribution in [0.3, 0.4) is 0 Å². The van der Waals surface area contributed by atoms with Gasteiger partial charge in [0.1, 0.15) is 10.9 Å². The van der Waals surface area contributed by atoms with Crippen LogP contribution in [0.25, 0.3) is 28.0 Å². The zero-order chi connectivity index (χ0) is 20.5. The van der Waals surface area contributed by atoms with E-state index in [0.29, 0.717) is 5.82 Å². The summed E-state index contributed by atoms with van der Waals surface area (Å²) in [6.45, 7) is 4.05. The van der Waals surface area contributed by atoms with E-state index in [2.05, 4.69) is 38.8 Å². The number of pyridine rings is 1. The predicted molar refractivity (Wildman–Crippen MR) is 118 cm³/mol. The second-order valence-corrected chi connectivity index (χ2v) is 7.82. The van der Waals surface area contributed by atoms with Crippen molar-refractivity contribution in [3.05, 3.63) is 84.4 Å². The molecule has 3 heterocycles. The van der Waals surface area contributed by atoms with Crippen molar-refractivity contribution in [2.45, 2.75) is 24.0 Å². The molecule has 0 radical (unpaired) electrons. The molecule has 7 heteroatoms. The Hall–Kier alpha value is -3.58. The number of benzene rings is 2. The van der Waals surface area contributed by atoms with Gasteiger partial charge < -0.3 is 0 Å². The van der Waals surface area contributed by atoms with Gasteiger partial charge in [-0.05, 0) is 55.4 Å². The van der Waals surface area contributed by atoms with E-state index in [0.717, 1.165) is 43.7 Å². The van der Waals surface area contributed by atoms with Gasteiger partial charge in [-0.2, -0.15) is 0 Å². The summed E-state index contributed by atoms with van der Waals surface area (Å²) < 4.78 is 2.07. The molecule has 30 heavy (non-hydrogen) atoms. The van der Waals surface area contributed by atoms with Crippen LogP contribution in [0.15, 0.2) is 83.2 Å². The first-order valence-electron chi connectivity index (χ1n) is 9.54. The molecule has 0 bridgehead atoms. The Labute approximate surface area is 178 Å². The summed E-state index contributed by atoms with van der Waals surface area (Å²) in [5.74, 6) is 1.50. The average Bonchev–Trinajstić information content (AvgIpc) is 3.14. The maximum Gasteiger partial charge on any atom is 0.202 e. The minimum atomic E-state index is 0.664. The van der Waals surface area contributed by atoms with E-state index >= 15 is 0 Å². The van der Waals surface area contributed by atoms with Gasteiger partial charge in [-0.3, -0.25) is 9.55 Å². The molecule has 3 aromatic heterocycles. The fourth-order valence-corrected chi connectivity index (χ4v) is 4.33. The lowest BCUT2D eigenvalue weighted by molar-refractivity contribution is 0.860. The molecule has 0 atom stereocenters. The van der Waals surface area contributed by atoms with Crippen LogP contribution < -0.4 is 0 Å². The van der Waals surface area contributed by atoms with Crippen molar-refractivity contribution in [2.75, 3.05) is 0 Å². The smallest absolute Gasteiger partial charge is 0.202 e. The third kappa shape index (κ3) is 3.33. The monoisotopic (exact) mass is 410 g/mol. The Morgan fingerprint density at radius 3 is 2.40 bits per heavy atom. The van der Waals surface area contributed by atoms with Crippen LogP contribution in [0.4, 0.5) is 0 Å². The van der Waals surface area contributed by atoms with Crippen LogP contribution in [0.5, 0.6) is 0 Å². The zero-order valence-corrected chi connectivity index (χ0v) is 17.3. The second-order valence-electron chi connectivity index (χ2n) is 6.86. The molecule has 0 aliphatic rings. The van der Waals surface area contributed by atoms with E-state index in [1.165, 1.54) is 11.8 Å². The number of para-hydroxylation sites is 2. The van der Waals surface area contributed by atoms with Gasteiger partial charge >= 0.3 is 0 Å². The molecule has 0 unspecified atom stereocenters. The first-order valence-corrected chi connectivity index (χ1v) is 10.4. The molecule has 0 fully saturated rings. The summed E-state index contributed by atoms with van der Waals surface area (Å²) in [4.78, 5) is 13.7. The van der Waals surface area contributed by atoms with Crippen molar-refractivity contribution in [3.63, 3.8) is 0 Å². The average molecular weight is 411 g/mol. The normalized spacial score (nSPS) is 11.1. The molecule has 2 aromatic carbocycles. The van der Waals surface area contributed by atoms with Gasteiger partial charge in [0.2, 0.25) is 5.16 Å². The molecule has 5 aromatic rings. The van der Waals surface area contributed by atoms with Crippen molar-refractivity contribution < 1.29 is 0 Å². The number of hydrogen-bond acceptors (Lipinski definition) is 6. The Kier molecular flexibility index (Phi) is 4.72. The van der Waals surface area contributed by atoms with Gasteiger partial charge in [0.05, 0.1) is 11.2 Å². The maximum absolute atomic E-state index is 4.88. The highest BCUT2D eigenvalue weighted by atomic mass is 32.2. The van der Waals surface area contributed by atoms with E-state index in [-0.39, 0.29) is 0 Å². The number of nitrogens with zero attached hydrogens (tertiary/aromatic N) is 6. The Morgan fingerprint density at radius 2 is 1.57 bits per heavy atom. The quantitative estimate of drug-likeness (QED) is 0.387. The number of hydrogen-bond donors (Lipinski definition) is 0. The summed E-state index contributed by atoms with van der Waals surface area (Å²) in [5.41, 5.74) is 4.04. The van der Waals surface area contributed by atoms with Gasteiger partial charge in [-0.15, -0.1) is 10.2 Å². The molecule has 0 aliphatic carbocycles. The fraction of sp³-hybridized carbons (Fsp3) is 0.0870. The molecule has 0 N–H and O–H groups in total. The molecule has 0 saturated heterocycles. The first-order chi connectivity index (χ1) is 14.7. The molecule has 0 aliphatic heterocycles. The van der Waals surface area contributed by atoms with Crippen LogP contribution in [-0.4, -0.2) is 29.7 Å². The van der Waals surface area contributed by atoms with E-state index in [1.807, 2.05) is 55.5 Å². The van der Waals surface area contributed by atoms with Crippen molar-refractivity contribution in [2.24, 2.45) is 0 Å². The van der Waals surface area contributed by atoms with E-state index in [9.17, 15) is 0 Å². The summed E-state index contributed by atoms with van der Waals surface area (Å²) >= 11 is 1.50. The van der Waals surface area contributed by atoms with Gasteiger partial charge in [0.15, 0.2) is 5.82 Å². The van der Waals surface area contributed by atoms with E-state index in [1.54, 1.807) is 12.4 Å². The van der Waals surface area contributed by atoms with Crippen LogP contribution in [0.1, 0.15) is 11.4 Å². The summed E-state index contributed by atoms with van der Waals surface area (Å²) in [6, 6.07) is 20.1. The number of rotatable bonds is 4. The highest BCUT2D eigenvalue weighted by Gasteiger charge is 2.17. The lowest BCUT2D eigenvalue weighted by Crippen LogP contribution is -2.02. The Balaban J connectivity index is 1.66. The van der Waals surface area contributed by atoms with Crippen LogP contribution in [0.2, 0.25) is 0 Å². The molecular formula is C23H18N6S. The van der Waals surface area contributed by atoms with E-state index in [4.69, 9.17) is 9.97 Å². The molecule has 5 rings (SSSR count). The highest BCUT2D eigenvalue weighted by Crippen LogP contribution is 2.34. The first kappa shape index (κ1) is 18.4. The third-order valence-electron chi connectivity index (χ3n) is 4.85. The third-order valence-corrected chi connectivity index (χ3v) is 5.80. The molecule has 0 spiro atoms. The molecule has 0 amide bonds. The second kappa shape index (κ2) is 7.68. The Bertz CT molecular complexity index is 1350. The van der Waals surface area contributed by atoms with Crippen molar-refractivity contribution in [1.82, 2.24) is 29.7 Å². The lowest BCUT2D eigenvalue weighted by atomic mass is 10.2. The van der Waals surface area contributed by atoms with Gasteiger partial charge in [-0.1, -0.05) is 36.4 Å². The van der Waals surface area contributed by atoms with Crippen molar-refractivity contribution in [3.8, 4) is 17.1 Å². The largest absolute Gasteiger partial charge is 0.274 e. The van der Waals surface area contributed by atoms with Crippen molar-refractivity contribution in [1.29, 1.82) is 0 Å². The van der Waals surface area contributed by atoms with Gasteiger partial charge in [0.25, 0.3) is 0 Å². The standard InChI is InChI=1S/C23H18N6S/c1-15-7-3-6-10-20(15)29-16(2)27-28-23(29)30-22-18-8-4-5-9-19(18)25-21(26-22)17-11-13-24-14-12-17/h3-14H,1-2H3. The maximum atomic E-state index is 4.88. The predicted octanol–water partition coefficient (Wildman–Crippen LogP) is 5.04. The molecule has 0 saturated carbocycles. The van der Waals surface area contributed by atoms with Crippen LogP contribution >= 0.6 is 11.8 Å². The number of aromatic nitrogens is 6.